The standard InChI is InChI=1S/C19H20N4O2S/c24-15(16-6-3-11-26-16)7-8-17(25)23-10-2-4-13(12-23)18-14-5-1-9-20-19(14)22-21-18/h1,3,5-6,9,11,13H,2,4,7-8,10,12H2,(H,20,21,22). The van der Waals surface area contributed by atoms with Gasteiger partial charge in [-0.1, -0.05) is 6.07 Å². The van der Waals surface area contributed by atoms with Crippen LogP contribution in [-0.4, -0.2) is 44.9 Å². The second kappa shape index (κ2) is 7.37. The van der Waals surface area contributed by atoms with Gasteiger partial charge in [0, 0.05) is 49.1 Å². The Hall–Kier alpha value is -2.54. The predicted octanol–water partition coefficient (Wildman–Crippen LogP) is 3.39. The summed E-state index contributed by atoms with van der Waals surface area (Å²) in [4.78, 5) is 31.6. The molecule has 1 unspecified atom stereocenters. The smallest absolute Gasteiger partial charge is 0.223 e. The molecule has 0 bridgehead atoms. The Bertz CT molecular complexity index is 919. The first-order valence-electron chi connectivity index (χ1n) is 8.86. The van der Waals surface area contributed by atoms with E-state index in [4.69, 9.17) is 0 Å². The van der Waals surface area contributed by atoms with Crippen LogP contribution in [0.4, 0.5) is 0 Å². The molecule has 1 atom stereocenters. The van der Waals surface area contributed by atoms with Crippen LogP contribution in [0.5, 0.6) is 0 Å². The summed E-state index contributed by atoms with van der Waals surface area (Å²) in [7, 11) is 0. The molecule has 1 fully saturated rings. The second-order valence-electron chi connectivity index (χ2n) is 6.59. The fourth-order valence-corrected chi connectivity index (χ4v) is 4.25. The van der Waals surface area contributed by atoms with Crippen molar-refractivity contribution in [3.8, 4) is 0 Å². The zero-order chi connectivity index (χ0) is 17.9. The van der Waals surface area contributed by atoms with Gasteiger partial charge < -0.3 is 4.90 Å². The average molecular weight is 368 g/mol. The zero-order valence-corrected chi connectivity index (χ0v) is 15.2. The predicted molar refractivity (Wildman–Crippen MR) is 100 cm³/mol. The lowest BCUT2D eigenvalue weighted by Crippen LogP contribution is -2.39. The van der Waals surface area contributed by atoms with Gasteiger partial charge in [-0.2, -0.15) is 5.10 Å². The van der Waals surface area contributed by atoms with E-state index >= 15 is 0 Å². The van der Waals surface area contributed by atoms with Crippen LogP contribution in [0.1, 0.15) is 47.0 Å². The highest BCUT2D eigenvalue weighted by Gasteiger charge is 2.27. The van der Waals surface area contributed by atoms with Crippen molar-refractivity contribution in [1.82, 2.24) is 20.1 Å². The number of hydrogen-bond donors (Lipinski definition) is 1. The number of ketones is 1. The highest BCUT2D eigenvalue weighted by molar-refractivity contribution is 7.12. The highest BCUT2D eigenvalue weighted by Crippen LogP contribution is 2.30. The third kappa shape index (κ3) is 3.39. The number of carbonyl (C=O) groups excluding carboxylic acids is 2. The van der Waals surface area contributed by atoms with Gasteiger partial charge in [-0.05, 0) is 36.4 Å². The topological polar surface area (TPSA) is 79.0 Å². The molecule has 1 N–H and O–H groups in total. The first-order valence-corrected chi connectivity index (χ1v) is 9.74. The van der Waals surface area contributed by atoms with Crippen LogP contribution in [-0.2, 0) is 4.79 Å². The van der Waals surface area contributed by atoms with E-state index in [-0.39, 0.29) is 30.4 Å². The van der Waals surface area contributed by atoms with Crippen LogP contribution in [0.3, 0.4) is 0 Å². The van der Waals surface area contributed by atoms with Gasteiger partial charge in [0.2, 0.25) is 5.91 Å². The van der Waals surface area contributed by atoms with Crippen molar-refractivity contribution in [3.05, 3.63) is 46.4 Å². The summed E-state index contributed by atoms with van der Waals surface area (Å²) < 4.78 is 0. The Labute approximate surface area is 155 Å². The van der Waals surface area contributed by atoms with Gasteiger partial charge in [0.25, 0.3) is 0 Å². The molecule has 3 aromatic rings. The molecule has 0 radical (unpaired) electrons. The van der Waals surface area contributed by atoms with Crippen molar-refractivity contribution in [2.75, 3.05) is 13.1 Å². The summed E-state index contributed by atoms with van der Waals surface area (Å²) in [6, 6.07) is 7.59. The van der Waals surface area contributed by atoms with Crippen LogP contribution in [0, 0.1) is 0 Å². The average Bonchev–Trinajstić information content (AvgIpc) is 3.35. The molecule has 1 aliphatic heterocycles. The van der Waals surface area contributed by atoms with Crippen molar-refractivity contribution < 1.29 is 9.59 Å². The molecule has 26 heavy (non-hydrogen) atoms. The number of H-pyrrole nitrogens is 1. The molecule has 0 saturated carbocycles. The monoisotopic (exact) mass is 368 g/mol. The number of carbonyl (C=O) groups is 2. The number of pyridine rings is 1. The molecule has 3 aromatic heterocycles. The first-order chi connectivity index (χ1) is 12.7. The number of nitrogens with zero attached hydrogens (tertiary/aromatic N) is 3. The third-order valence-corrected chi connectivity index (χ3v) is 5.81. The molecule has 1 saturated heterocycles. The Balaban J connectivity index is 1.40. The number of aromatic amines is 1. The largest absolute Gasteiger partial charge is 0.342 e. The first kappa shape index (κ1) is 16.9. The number of thiophene rings is 1. The van der Waals surface area contributed by atoms with Crippen LogP contribution in [0.2, 0.25) is 0 Å². The lowest BCUT2D eigenvalue weighted by molar-refractivity contribution is -0.132. The van der Waals surface area contributed by atoms with E-state index in [1.807, 2.05) is 34.5 Å². The van der Waals surface area contributed by atoms with Gasteiger partial charge in [-0.15, -0.1) is 11.3 Å². The fraction of sp³-hybridized carbons (Fsp3) is 0.368. The van der Waals surface area contributed by atoms with E-state index in [1.54, 1.807) is 6.20 Å². The van der Waals surface area contributed by atoms with Gasteiger partial charge in [-0.3, -0.25) is 14.7 Å². The molecule has 4 heterocycles. The molecule has 134 valence electrons. The Morgan fingerprint density at radius 1 is 1.27 bits per heavy atom. The normalized spacial score (nSPS) is 17.5. The number of amides is 1. The molecule has 1 amide bonds. The van der Waals surface area contributed by atoms with Gasteiger partial charge in [0.1, 0.15) is 0 Å². The Kier molecular flexibility index (Phi) is 4.79. The van der Waals surface area contributed by atoms with Crippen molar-refractivity contribution in [3.63, 3.8) is 0 Å². The van der Waals surface area contributed by atoms with Crippen molar-refractivity contribution >= 4 is 34.1 Å². The minimum Gasteiger partial charge on any atom is -0.342 e. The quantitative estimate of drug-likeness (QED) is 0.700. The van der Waals surface area contributed by atoms with Gasteiger partial charge >= 0.3 is 0 Å². The van der Waals surface area contributed by atoms with Crippen molar-refractivity contribution in [2.24, 2.45) is 0 Å². The lowest BCUT2D eigenvalue weighted by atomic mass is 9.93. The summed E-state index contributed by atoms with van der Waals surface area (Å²) in [5.74, 6) is 0.337. The number of hydrogen-bond acceptors (Lipinski definition) is 5. The number of Topliss-reactive ketones (excluding diaryl/α,β-unsaturated/α-hetero) is 1. The molecule has 6 nitrogen and oxygen atoms in total. The van der Waals surface area contributed by atoms with Gasteiger partial charge in [0.05, 0.1) is 4.88 Å². The molecular formula is C19H20N4O2S. The Morgan fingerprint density at radius 2 is 2.19 bits per heavy atom. The molecule has 1 aliphatic rings. The maximum Gasteiger partial charge on any atom is 0.223 e. The minimum absolute atomic E-state index is 0.0487. The van der Waals surface area contributed by atoms with Crippen LogP contribution in [0.15, 0.2) is 35.8 Å². The number of likely N-dealkylation sites (tertiary alicyclic amines) is 1. The van der Waals surface area contributed by atoms with E-state index in [2.05, 4.69) is 15.2 Å². The molecule has 4 rings (SSSR count). The van der Waals surface area contributed by atoms with E-state index in [9.17, 15) is 9.59 Å². The van der Waals surface area contributed by atoms with E-state index < -0.39 is 0 Å². The van der Waals surface area contributed by atoms with Crippen molar-refractivity contribution in [1.29, 1.82) is 0 Å². The minimum atomic E-state index is 0.0487. The summed E-state index contributed by atoms with van der Waals surface area (Å²) in [6.45, 7) is 1.42. The van der Waals surface area contributed by atoms with E-state index in [0.717, 1.165) is 35.3 Å². The molecule has 0 aromatic carbocycles. The van der Waals surface area contributed by atoms with E-state index in [0.29, 0.717) is 12.2 Å². The van der Waals surface area contributed by atoms with Crippen LogP contribution < -0.4 is 0 Å². The summed E-state index contributed by atoms with van der Waals surface area (Å²) in [6.07, 6.45) is 4.25. The van der Waals surface area contributed by atoms with Crippen molar-refractivity contribution in [2.45, 2.75) is 31.6 Å². The lowest BCUT2D eigenvalue weighted by Gasteiger charge is -2.32. The number of rotatable bonds is 5. The number of aromatic nitrogens is 3. The van der Waals surface area contributed by atoms with Crippen LogP contribution >= 0.6 is 11.3 Å². The molecule has 7 heteroatoms. The maximum absolute atomic E-state index is 12.6. The number of fused-ring (bicyclic) bond motifs is 1. The maximum atomic E-state index is 12.6. The summed E-state index contributed by atoms with van der Waals surface area (Å²) in [5.41, 5.74) is 1.77. The number of nitrogens with one attached hydrogen (secondary N) is 1. The SMILES string of the molecule is O=C(CCC(=O)N1CCCC(c2[nH]nc3ncccc23)C1)c1cccs1. The molecule has 0 aliphatic carbocycles. The highest BCUT2D eigenvalue weighted by atomic mass is 32.1. The second-order valence-corrected chi connectivity index (χ2v) is 7.54. The zero-order valence-electron chi connectivity index (χ0n) is 14.4. The van der Waals surface area contributed by atoms with E-state index in [1.165, 1.54) is 11.3 Å². The Morgan fingerprint density at radius 3 is 3.04 bits per heavy atom. The third-order valence-electron chi connectivity index (χ3n) is 4.90. The summed E-state index contributed by atoms with van der Waals surface area (Å²) in [5, 5.41) is 10.3. The summed E-state index contributed by atoms with van der Waals surface area (Å²) >= 11 is 1.43. The molecule has 0 spiro atoms. The van der Waals surface area contributed by atoms with Gasteiger partial charge in [-0.25, -0.2) is 4.98 Å². The van der Waals surface area contributed by atoms with Crippen LogP contribution in [0.25, 0.3) is 11.0 Å². The number of piperidine rings is 1. The van der Waals surface area contributed by atoms with Gasteiger partial charge in [0.15, 0.2) is 11.4 Å². The fourth-order valence-electron chi connectivity index (χ4n) is 3.56. The molecular weight excluding hydrogens is 348 g/mol.